The molecular weight excluding hydrogens is 639 g/mol. The Bertz CT molecular complexity index is 1500. The van der Waals surface area contributed by atoms with Crippen LogP contribution >= 0.6 is 34.9 Å². The first kappa shape index (κ1) is 30.7. The van der Waals surface area contributed by atoms with E-state index >= 15 is 0 Å². The Morgan fingerprint density at radius 1 is 1.28 bits per heavy atom. The van der Waals surface area contributed by atoms with Crippen molar-refractivity contribution in [3.8, 4) is 0 Å². The number of oxime groups is 1. The number of thiazole rings is 1. The van der Waals surface area contributed by atoms with Crippen molar-refractivity contribution in [1.82, 2.24) is 35.4 Å². The number of thioether (sulfide) groups is 2. The number of alkyl halides is 3. The molecule has 43 heavy (non-hydrogen) atoms. The van der Waals surface area contributed by atoms with Gasteiger partial charge in [0.25, 0.3) is 11.8 Å². The Morgan fingerprint density at radius 2 is 2.02 bits per heavy atom. The molecule has 0 radical (unpaired) electrons. The van der Waals surface area contributed by atoms with Crippen LogP contribution in [0.5, 0.6) is 0 Å². The summed E-state index contributed by atoms with van der Waals surface area (Å²) in [6.45, 7) is 0. The number of carbonyl (C=O) groups is 4. The molecule has 2 fully saturated rings. The van der Waals surface area contributed by atoms with Crippen LogP contribution in [0.4, 0.5) is 18.3 Å². The van der Waals surface area contributed by atoms with E-state index in [0.717, 1.165) is 17.7 Å². The van der Waals surface area contributed by atoms with Crippen LogP contribution in [0.2, 0.25) is 0 Å². The molecule has 2 atom stereocenters. The molecule has 3 amide bonds. The summed E-state index contributed by atoms with van der Waals surface area (Å²) in [6.07, 6.45) is -2.25. The summed E-state index contributed by atoms with van der Waals surface area (Å²) in [4.78, 5) is 60.5. The number of hydrogen-bond donors (Lipinski definition) is 3. The summed E-state index contributed by atoms with van der Waals surface area (Å²) in [5.41, 5.74) is -0.305. The third-order valence-corrected chi connectivity index (χ3v) is 9.72. The number of aliphatic carboxylic acids is 1. The second kappa shape index (κ2) is 12.5. The number of fused-ring (bicyclic) bond motifs is 1. The molecule has 1 saturated carbocycles. The number of nitrogens with zero attached hydrogens (tertiary/aromatic N) is 7. The number of anilines is 1. The van der Waals surface area contributed by atoms with Crippen LogP contribution in [0.3, 0.4) is 0 Å². The van der Waals surface area contributed by atoms with Gasteiger partial charge in [-0.15, -0.1) is 28.2 Å². The van der Waals surface area contributed by atoms with Gasteiger partial charge in [-0.25, -0.2) is 14.5 Å². The number of tetrazole rings is 1. The van der Waals surface area contributed by atoms with E-state index < -0.39 is 52.1 Å². The number of hydrogen-bond acceptors (Lipinski definition) is 13. The number of carbonyl (C=O) groups excluding carboxylic acids is 3. The quantitative estimate of drug-likeness (QED) is 0.144. The molecule has 2 aliphatic heterocycles. The molecule has 21 heteroatoms. The van der Waals surface area contributed by atoms with Gasteiger partial charge in [0.2, 0.25) is 5.16 Å². The van der Waals surface area contributed by atoms with Crippen molar-refractivity contribution < 1.29 is 42.3 Å². The molecule has 0 aromatic carbocycles. The zero-order valence-electron chi connectivity index (χ0n) is 22.0. The summed E-state index contributed by atoms with van der Waals surface area (Å²) in [6, 6.07) is -1.12. The van der Waals surface area contributed by atoms with Crippen molar-refractivity contribution >= 4 is 69.4 Å². The lowest BCUT2D eigenvalue weighted by atomic mass is 10.0. The maximum atomic E-state index is 13.4. The zero-order valence-corrected chi connectivity index (χ0v) is 24.5. The van der Waals surface area contributed by atoms with Gasteiger partial charge in [-0.2, -0.15) is 13.2 Å². The normalized spacial score (nSPS) is 21.0. The third kappa shape index (κ3) is 6.61. The number of nitrogens with one attached hydrogen (secondary N) is 2. The summed E-state index contributed by atoms with van der Waals surface area (Å²) in [7, 11) is 1.63. The Kier molecular flexibility index (Phi) is 8.92. The number of aromatic nitrogens is 5. The molecule has 0 spiro atoms. The molecule has 3 aliphatic rings. The number of rotatable bonds is 10. The highest BCUT2D eigenvalue weighted by molar-refractivity contribution is 8.01. The van der Waals surface area contributed by atoms with Crippen LogP contribution in [0.1, 0.15) is 31.4 Å². The number of aryl methyl sites for hydroxylation is 1. The van der Waals surface area contributed by atoms with E-state index in [1.165, 1.54) is 33.6 Å². The SMILES string of the molecule is Cn1nnnc1SCC1=C(C(=O)O)N2C(=O)C(NC(=O)/C(=N\OC3CCCC3)c3csc(NC(=O)C(F)(F)F)n3)[C@H]2SC1. The zero-order chi connectivity index (χ0) is 30.9. The Balaban J connectivity index is 1.31. The Labute approximate surface area is 252 Å². The van der Waals surface area contributed by atoms with Crippen molar-refractivity contribution in [3.05, 3.63) is 22.3 Å². The molecule has 2 aromatic rings. The molecular formula is C22H22F3N9O6S3. The van der Waals surface area contributed by atoms with E-state index in [0.29, 0.717) is 34.9 Å². The lowest BCUT2D eigenvalue weighted by Gasteiger charge is -2.49. The van der Waals surface area contributed by atoms with E-state index in [2.05, 4.69) is 31.0 Å². The van der Waals surface area contributed by atoms with Gasteiger partial charge in [0, 0.05) is 23.9 Å². The largest absolute Gasteiger partial charge is 0.477 e. The summed E-state index contributed by atoms with van der Waals surface area (Å²) in [5.74, 6) is -4.66. The van der Waals surface area contributed by atoms with Crippen LogP contribution in [0.25, 0.3) is 0 Å². The van der Waals surface area contributed by atoms with Crippen molar-refractivity contribution in [1.29, 1.82) is 0 Å². The molecule has 230 valence electrons. The summed E-state index contributed by atoms with van der Waals surface area (Å²) in [5, 5.41) is 29.6. The first-order valence-corrected chi connectivity index (χ1v) is 15.5. The fraction of sp³-hybridized carbons (Fsp3) is 0.500. The number of β-lactam (4-membered cyclic amide) rings is 1. The van der Waals surface area contributed by atoms with Gasteiger partial charge in [-0.3, -0.25) is 24.6 Å². The highest BCUT2D eigenvalue weighted by Gasteiger charge is 2.54. The number of amides is 3. The van der Waals surface area contributed by atoms with Crippen LogP contribution in [0.15, 0.2) is 27.0 Å². The number of carboxylic acid groups (broad SMARTS) is 1. The van der Waals surface area contributed by atoms with Crippen LogP contribution in [-0.2, 0) is 31.1 Å². The smallest absolute Gasteiger partial charge is 0.471 e. The van der Waals surface area contributed by atoms with E-state index in [4.69, 9.17) is 4.84 Å². The van der Waals surface area contributed by atoms with Gasteiger partial charge < -0.3 is 15.3 Å². The predicted molar refractivity (Wildman–Crippen MR) is 146 cm³/mol. The molecule has 4 heterocycles. The lowest BCUT2D eigenvalue weighted by Crippen LogP contribution is -2.71. The van der Waals surface area contributed by atoms with Crippen LogP contribution < -0.4 is 10.6 Å². The number of carboxylic acids is 1. The minimum atomic E-state index is -5.14. The lowest BCUT2D eigenvalue weighted by molar-refractivity contribution is -0.167. The van der Waals surface area contributed by atoms with Crippen molar-refractivity contribution in [2.45, 2.75) is 54.5 Å². The standard InChI is InChI=1S/C22H22F3N9O6S3/c1-33-21(29-31-32-33)43-7-9-6-41-17-13(16(36)34(17)14(9)18(37)38)27-15(35)12(30-40-10-4-2-3-5-10)11-8-42-20(26-11)28-19(39)22(23,24)25/h8,10,13,17H,2-7H2,1H3,(H,27,35)(H,37,38)(H,26,28,39)/b30-12-/t13?,17-/m1/s1. The van der Waals surface area contributed by atoms with Gasteiger partial charge in [-0.1, -0.05) is 16.9 Å². The van der Waals surface area contributed by atoms with Gasteiger partial charge >= 0.3 is 18.1 Å². The van der Waals surface area contributed by atoms with E-state index in [1.54, 1.807) is 12.4 Å². The van der Waals surface area contributed by atoms with E-state index in [9.17, 15) is 37.5 Å². The van der Waals surface area contributed by atoms with Crippen molar-refractivity contribution in [3.63, 3.8) is 0 Å². The third-order valence-electron chi connectivity index (χ3n) is 6.53. The fourth-order valence-electron chi connectivity index (χ4n) is 4.43. The Hall–Kier alpha value is -3.72. The highest BCUT2D eigenvalue weighted by atomic mass is 32.2. The molecule has 1 saturated heterocycles. The topological polar surface area (TPSA) is 194 Å². The van der Waals surface area contributed by atoms with E-state index in [-0.39, 0.29) is 29.0 Å². The van der Waals surface area contributed by atoms with Crippen molar-refractivity contribution in [2.75, 3.05) is 16.8 Å². The van der Waals surface area contributed by atoms with Gasteiger partial charge in [0.05, 0.1) is 0 Å². The maximum absolute atomic E-state index is 13.4. The molecule has 5 rings (SSSR count). The average Bonchev–Trinajstić information content (AvgIpc) is 3.73. The highest BCUT2D eigenvalue weighted by Crippen LogP contribution is 2.41. The Morgan fingerprint density at radius 3 is 2.67 bits per heavy atom. The molecule has 1 unspecified atom stereocenters. The first-order chi connectivity index (χ1) is 20.4. The molecule has 1 aliphatic carbocycles. The average molecular weight is 662 g/mol. The van der Waals surface area contributed by atoms with Crippen LogP contribution in [-0.4, -0.2) is 99.8 Å². The van der Waals surface area contributed by atoms with Gasteiger partial charge in [-0.05, 0) is 41.7 Å². The maximum Gasteiger partial charge on any atom is 0.471 e. The van der Waals surface area contributed by atoms with E-state index in [1.807, 2.05) is 0 Å². The monoisotopic (exact) mass is 661 g/mol. The molecule has 2 aromatic heterocycles. The van der Waals surface area contributed by atoms with Crippen LogP contribution in [0, 0.1) is 0 Å². The minimum absolute atomic E-state index is 0.179. The summed E-state index contributed by atoms with van der Waals surface area (Å²) < 4.78 is 39.5. The van der Waals surface area contributed by atoms with Gasteiger partial charge in [0.15, 0.2) is 10.8 Å². The second-order valence-electron chi connectivity index (χ2n) is 9.43. The first-order valence-electron chi connectivity index (χ1n) is 12.6. The molecule has 3 N–H and O–H groups in total. The minimum Gasteiger partial charge on any atom is -0.477 e. The van der Waals surface area contributed by atoms with Gasteiger partial charge in [0.1, 0.15) is 28.9 Å². The molecule has 0 bridgehead atoms. The van der Waals surface area contributed by atoms with Crippen molar-refractivity contribution in [2.24, 2.45) is 12.2 Å². The number of halogens is 3. The second-order valence-corrected chi connectivity index (χ2v) is 12.3. The predicted octanol–water partition coefficient (Wildman–Crippen LogP) is 1.36. The fourth-order valence-corrected chi connectivity index (χ4v) is 7.46. The summed E-state index contributed by atoms with van der Waals surface area (Å²) >= 11 is 3.09. The molecule has 15 nitrogen and oxygen atoms in total.